The predicted octanol–water partition coefficient (Wildman–Crippen LogP) is 3.56. The Morgan fingerprint density at radius 1 is 1.21 bits per heavy atom. The first-order valence-corrected chi connectivity index (χ1v) is 8.65. The lowest BCUT2D eigenvalue weighted by atomic mass is 9.99. The summed E-state index contributed by atoms with van der Waals surface area (Å²) in [6, 6.07) is 10.1. The molecule has 2 aromatic rings. The van der Waals surface area contributed by atoms with E-state index < -0.39 is 0 Å². The van der Waals surface area contributed by atoms with Crippen LogP contribution < -0.4 is 10.2 Å². The highest BCUT2D eigenvalue weighted by molar-refractivity contribution is 5.94. The number of carbonyl (C=O) groups excluding carboxylic acids is 1. The quantitative estimate of drug-likeness (QED) is 0.936. The molecule has 0 atom stereocenters. The largest absolute Gasteiger partial charge is 0.370 e. The highest BCUT2D eigenvalue weighted by atomic mass is 16.1. The first-order valence-electron chi connectivity index (χ1n) is 8.65. The van der Waals surface area contributed by atoms with Crippen molar-refractivity contribution in [3.63, 3.8) is 0 Å². The molecule has 1 aliphatic heterocycles. The van der Waals surface area contributed by atoms with Crippen LogP contribution in [0.5, 0.6) is 0 Å². The van der Waals surface area contributed by atoms with E-state index in [1.54, 1.807) is 6.20 Å². The van der Waals surface area contributed by atoms with E-state index in [2.05, 4.69) is 41.2 Å². The molecule has 1 fully saturated rings. The summed E-state index contributed by atoms with van der Waals surface area (Å²) in [6.07, 6.45) is 5.89. The number of rotatable bonds is 4. The zero-order valence-electron chi connectivity index (χ0n) is 14.5. The summed E-state index contributed by atoms with van der Waals surface area (Å²) in [5, 5.41) is 2.97. The van der Waals surface area contributed by atoms with Crippen LogP contribution in [0.3, 0.4) is 0 Å². The van der Waals surface area contributed by atoms with Crippen LogP contribution in [0, 0.1) is 12.8 Å². The molecule has 1 amide bonds. The van der Waals surface area contributed by atoms with Gasteiger partial charge in [-0.15, -0.1) is 0 Å². The zero-order chi connectivity index (χ0) is 16.9. The SMILES string of the molecule is Cc1ccc(CNC(=O)c2cncc(N3CCC(C)CC3)c2)cc1. The molecule has 24 heavy (non-hydrogen) atoms. The van der Waals surface area contributed by atoms with Gasteiger partial charge in [0.15, 0.2) is 0 Å². The fourth-order valence-electron chi connectivity index (χ4n) is 2.98. The van der Waals surface area contributed by atoms with E-state index in [-0.39, 0.29) is 5.91 Å². The van der Waals surface area contributed by atoms with Gasteiger partial charge in [0.1, 0.15) is 0 Å². The Balaban J connectivity index is 1.62. The molecule has 4 heteroatoms. The first-order chi connectivity index (χ1) is 11.6. The van der Waals surface area contributed by atoms with Crippen molar-refractivity contribution in [1.29, 1.82) is 0 Å². The van der Waals surface area contributed by atoms with Crippen molar-refractivity contribution in [2.45, 2.75) is 33.2 Å². The molecule has 0 saturated carbocycles. The fourth-order valence-corrected chi connectivity index (χ4v) is 2.98. The molecule has 2 heterocycles. The van der Waals surface area contributed by atoms with Crippen LogP contribution in [0.25, 0.3) is 0 Å². The molecule has 1 aromatic carbocycles. The summed E-state index contributed by atoms with van der Waals surface area (Å²) >= 11 is 0. The minimum Gasteiger partial charge on any atom is -0.370 e. The number of hydrogen-bond donors (Lipinski definition) is 1. The van der Waals surface area contributed by atoms with E-state index in [1.165, 1.54) is 18.4 Å². The Morgan fingerprint density at radius 2 is 1.92 bits per heavy atom. The smallest absolute Gasteiger partial charge is 0.253 e. The van der Waals surface area contributed by atoms with Crippen molar-refractivity contribution < 1.29 is 4.79 Å². The van der Waals surface area contributed by atoms with Gasteiger partial charge in [-0.3, -0.25) is 9.78 Å². The molecule has 1 N–H and O–H groups in total. The number of hydrogen-bond acceptors (Lipinski definition) is 3. The summed E-state index contributed by atoms with van der Waals surface area (Å²) in [7, 11) is 0. The topological polar surface area (TPSA) is 45.2 Å². The van der Waals surface area contributed by atoms with Crippen molar-refractivity contribution in [1.82, 2.24) is 10.3 Å². The van der Waals surface area contributed by atoms with Crippen LogP contribution in [0.2, 0.25) is 0 Å². The molecular weight excluding hydrogens is 298 g/mol. The van der Waals surface area contributed by atoms with Crippen LogP contribution in [0.4, 0.5) is 5.69 Å². The Bertz CT molecular complexity index is 688. The van der Waals surface area contributed by atoms with Gasteiger partial charge >= 0.3 is 0 Å². The standard InChI is InChI=1S/C20H25N3O/c1-15-3-5-17(6-4-15)12-22-20(24)18-11-19(14-21-13-18)23-9-7-16(2)8-10-23/h3-6,11,13-14,16H,7-10,12H2,1-2H3,(H,22,24). The first kappa shape index (κ1) is 16.5. The highest BCUT2D eigenvalue weighted by Gasteiger charge is 2.17. The predicted molar refractivity (Wildman–Crippen MR) is 97.2 cm³/mol. The average molecular weight is 323 g/mol. The van der Waals surface area contributed by atoms with Gasteiger partial charge in [0, 0.05) is 25.8 Å². The maximum atomic E-state index is 12.4. The minimum absolute atomic E-state index is 0.0738. The Kier molecular flexibility index (Phi) is 5.14. The number of aryl methyl sites for hydroxylation is 1. The fraction of sp³-hybridized carbons (Fsp3) is 0.400. The molecular formula is C20H25N3O. The molecule has 0 aliphatic carbocycles. The number of piperidine rings is 1. The van der Waals surface area contributed by atoms with Gasteiger partial charge in [-0.05, 0) is 37.3 Å². The average Bonchev–Trinajstić information content (AvgIpc) is 2.62. The van der Waals surface area contributed by atoms with Crippen LogP contribution in [-0.2, 0) is 6.54 Å². The van der Waals surface area contributed by atoms with Crippen LogP contribution in [-0.4, -0.2) is 24.0 Å². The van der Waals surface area contributed by atoms with E-state index in [9.17, 15) is 4.79 Å². The van der Waals surface area contributed by atoms with Crippen molar-refractivity contribution in [2.24, 2.45) is 5.92 Å². The second-order valence-corrected chi connectivity index (χ2v) is 6.77. The van der Waals surface area contributed by atoms with Crippen molar-refractivity contribution in [3.8, 4) is 0 Å². The summed E-state index contributed by atoms with van der Waals surface area (Å²) < 4.78 is 0. The van der Waals surface area contributed by atoms with Gasteiger partial charge in [0.2, 0.25) is 0 Å². The number of pyridine rings is 1. The minimum atomic E-state index is -0.0738. The highest BCUT2D eigenvalue weighted by Crippen LogP contribution is 2.22. The Labute approximate surface area is 143 Å². The number of benzene rings is 1. The summed E-state index contributed by atoms with van der Waals surface area (Å²) in [5.74, 6) is 0.713. The van der Waals surface area contributed by atoms with Gasteiger partial charge in [-0.1, -0.05) is 36.8 Å². The van der Waals surface area contributed by atoms with Gasteiger partial charge in [-0.25, -0.2) is 0 Å². The number of anilines is 1. The Hall–Kier alpha value is -2.36. The third kappa shape index (κ3) is 4.13. The van der Waals surface area contributed by atoms with E-state index in [0.29, 0.717) is 12.1 Å². The van der Waals surface area contributed by atoms with Crippen LogP contribution >= 0.6 is 0 Å². The third-order valence-electron chi connectivity index (χ3n) is 4.71. The molecule has 1 aromatic heterocycles. The van der Waals surface area contributed by atoms with Gasteiger partial charge in [0.25, 0.3) is 5.91 Å². The van der Waals surface area contributed by atoms with E-state index in [4.69, 9.17) is 0 Å². The maximum absolute atomic E-state index is 12.4. The normalized spacial score (nSPS) is 15.3. The summed E-state index contributed by atoms with van der Waals surface area (Å²) in [4.78, 5) is 19.0. The number of amides is 1. The lowest BCUT2D eigenvalue weighted by molar-refractivity contribution is 0.0950. The maximum Gasteiger partial charge on any atom is 0.253 e. The second-order valence-electron chi connectivity index (χ2n) is 6.77. The zero-order valence-corrected chi connectivity index (χ0v) is 14.5. The number of nitrogens with one attached hydrogen (secondary N) is 1. The number of nitrogens with zero attached hydrogens (tertiary/aromatic N) is 2. The van der Waals surface area contributed by atoms with E-state index in [1.807, 2.05) is 24.4 Å². The van der Waals surface area contributed by atoms with E-state index in [0.717, 1.165) is 30.3 Å². The van der Waals surface area contributed by atoms with Crippen LogP contribution in [0.15, 0.2) is 42.7 Å². The molecule has 0 bridgehead atoms. The number of aromatic nitrogens is 1. The molecule has 4 nitrogen and oxygen atoms in total. The summed E-state index contributed by atoms with van der Waals surface area (Å²) in [5.41, 5.74) is 3.99. The molecule has 1 aliphatic rings. The molecule has 1 saturated heterocycles. The van der Waals surface area contributed by atoms with Crippen molar-refractivity contribution in [3.05, 3.63) is 59.4 Å². The van der Waals surface area contributed by atoms with Gasteiger partial charge in [0.05, 0.1) is 17.4 Å². The number of carbonyl (C=O) groups is 1. The molecule has 126 valence electrons. The van der Waals surface area contributed by atoms with Crippen molar-refractivity contribution >= 4 is 11.6 Å². The van der Waals surface area contributed by atoms with E-state index >= 15 is 0 Å². The Morgan fingerprint density at radius 3 is 2.62 bits per heavy atom. The summed E-state index contributed by atoms with van der Waals surface area (Å²) in [6.45, 7) is 6.96. The van der Waals surface area contributed by atoms with Crippen molar-refractivity contribution in [2.75, 3.05) is 18.0 Å². The van der Waals surface area contributed by atoms with Gasteiger partial charge < -0.3 is 10.2 Å². The van der Waals surface area contributed by atoms with Gasteiger partial charge in [-0.2, -0.15) is 0 Å². The molecule has 0 unspecified atom stereocenters. The monoisotopic (exact) mass is 323 g/mol. The second kappa shape index (κ2) is 7.47. The lowest BCUT2D eigenvalue weighted by Gasteiger charge is -2.32. The molecule has 3 rings (SSSR count). The lowest BCUT2D eigenvalue weighted by Crippen LogP contribution is -2.33. The third-order valence-corrected chi connectivity index (χ3v) is 4.71. The molecule has 0 radical (unpaired) electrons. The molecule has 0 spiro atoms. The van der Waals surface area contributed by atoms with Crippen LogP contribution in [0.1, 0.15) is 41.3 Å².